The van der Waals surface area contributed by atoms with E-state index in [0.717, 1.165) is 4.90 Å². The molecule has 0 fully saturated rings. The molecule has 2 rings (SSSR count). The number of aryl methyl sites for hydroxylation is 1. The van der Waals surface area contributed by atoms with Crippen LogP contribution < -0.4 is 16.4 Å². The van der Waals surface area contributed by atoms with Crippen LogP contribution in [0.25, 0.3) is 0 Å². The molecule has 3 N–H and O–H groups in total. The quantitative estimate of drug-likeness (QED) is 0.579. The second-order valence-corrected chi connectivity index (χ2v) is 6.11. The van der Waals surface area contributed by atoms with E-state index >= 15 is 0 Å². The highest BCUT2D eigenvalue weighted by molar-refractivity contribution is 8.00. The highest BCUT2D eigenvalue weighted by Gasteiger charge is 2.11. The number of carbonyl (C=O) groups is 2. The number of H-pyrrole nitrogens is 1. The summed E-state index contributed by atoms with van der Waals surface area (Å²) in [5.74, 6) is -0.940. The van der Waals surface area contributed by atoms with E-state index in [1.807, 2.05) is 0 Å². The summed E-state index contributed by atoms with van der Waals surface area (Å²) in [6.45, 7) is 1.71. The third-order valence-corrected chi connectivity index (χ3v) is 4.06. The number of nitrogens with one attached hydrogen (secondary N) is 3. The molecule has 1 heterocycles. The van der Waals surface area contributed by atoms with Crippen molar-refractivity contribution in [2.75, 3.05) is 5.75 Å². The summed E-state index contributed by atoms with van der Waals surface area (Å²) in [5.41, 5.74) is 4.55. The number of amides is 2. The molecule has 0 bridgehead atoms. The van der Waals surface area contributed by atoms with Crippen molar-refractivity contribution in [2.24, 2.45) is 0 Å². The first-order valence-electron chi connectivity index (χ1n) is 6.63. The number of hydrogen-bond donors (Lipinski definition) is 3. The van der Waals surface area contributed by atoms with Crippen molar-refractivity contribution in [3.63, 3.8) is 0 Å². The third-order valence-electron chi connectivity index (χ3n) is 2.80. The van der Waals surface area contributed by atoms with Crippen molar-refractivity contribution in [2.45, 2.75) is 11.8 Å². The Morgan fingerprint density at radius 3 is 2.48 bits per heavy atom. The molecule has 120 valence electrons. The van der Waals surface area contributed by atoms with Crippen LogP contribution in [0.3, 0.4) is 0 Å². The van der Waals surface area contributed by atoms with Gasteiger partial charge >= 0.3 is 0 Å². The van der Waals surface area contributed by atoms with Gasteiger partial charge in [-0.15, -0.1) is 11.8 Å². The minimum atomic E-state index is -0.670. The van der Waals surface area contributed by atoms with Crippen LogP contribution in [0.5, 0.6) is 0 Å². The van der Waals surface area contributed by atoms with Crippen molar-refractivity contribution >= 4 is 35.2 Å². The molecule has 0 radical (unpaired) electrons. The lowest BCUT2D eigenvalue weighted by molar-refractivity contribution is -0.119. The second-order valence-electron chi connectivity index (χ2n) is 4.63. The highest BCUT2D eigenvalue weighted by Crippen LogP contribution is 2.19. The molecular formula is C15H14ClN3O3S. The zero-order valence-electron chi connectivity index (χ0n) is 12.2. The molecule has 0 saturated heterocycles. The zero-order chi connectivity index (χ0) is 16.8. The van der Waals surface area contributed by atoms with Gasteiger partial charge in [0.2, 0.25) is 5.91 Å². The number of thioether (sulfide) groups is 1. The lowest BCUT2D eigenvalue weighted by Crippen LogP contribution is -2.44. The zero-order valence-corrected chi connectivity index (χ0v) is 13.8. The Morgan fingerprint density at radius 2 is 1.83 bits per heavy atom. The van der Waals surface area contributed by atoms with E-state index < -0.39 is 11.5 Å². The minimum absolute atomic E-state index is 0.0683. The summed E-state index contributed by atoms with van der Waals surface area (Å²) in [4.78, 5) is 38.5. The normalized spacial score (nSPS) is 10.2. The Balaban J connectivity index is 1.83. The SMILES string of the molecule is Cc1ccc(C(=O)NNC(=O)CSc2ccc(Cl)cc2)c(=O)[nH]1. The lowest BCUT2D eigenvalue weighted by atomic mass is 10.2. The molecule has 8 heteroatoms. The Kier molecular flexibility index (Phi) is 5.84. The van der Waals surface area contributed by atoms with Crippen LogP contribution in [0.2, 0.25) is 5.02 Å². The highest BCUT2D eigenvalue weighted by atomic mass is 35.5. The number of aromatic nitrogens is 1. The number of aromatic amines is 1. The smallest absolute Gasteiger partial charge is 0.275 e. The van der Waals surface area contributed by atoms with Crippen molar-refractivity contribution in [3.05, 3.63) is 63.0 Å². The van der Waals surface area contributed by atoms with E-state index in [4.69, 9.17) is 11.6 Å². The largest absolute Gasteiger partial charge is 0.326 e. The van der Waals surface area contributed by atoms with Crippen LogP contribution in [0.15, 0.2) is 46.1 Å². The van der Waals surface area contributed by atoms with Gasteiger partial charge in [0.05, 0.1) is 5.75 Å². The van der Waals surface area contributed by atoms with Gasteiger partial charge in [-0.3, -0.25) is 25.2 Å². The number of hydrazine groups is 1. The molecule has 2 amide bonds. The number of carbonyl (C=O) groups excluding carboxylic acids is 2. The van der Waals surface area contributed by atoms with E-state index in [0.29, 0.717) is 10.7 Å². The van der Waals surface area contributed by atoms with Gasteiger partial charge in [0, 0.05) is 15.6 Å². The van der Waals surface area contributed by atoms with Gasteiger partial charge < -0.3 is 4.98 Å². The van der Waals surface area contributed by atoms with E-state index in [9.17, 15) is 14.4 Å². The average molecular weight is 352 g/mol. The molecule has 1 aromatic carbocycles. The van der Waals surface area contributed by atoms with Gasteiger partial charge in [0.1, 0.15) is 5.56 Å². The van der Waals surface area contributed by atoms with Gasteiger partial charge in [-0.25, -0.2) is 0 Å². The Labute approximate surface area is 141 Å². The molecule has 6 nitrogen and oxygen atoms in total. The number of pyridine rings is 1. The monoisotopic (exact) mass is 351 g/mol. The van der Waals surface area contributed by atoms with Crippen LogP contribution in [0, 0.1) is 6.92 Å². The predicted molar refractivity (Wildman–Crippen MR) is 89.6 cm³/mol. The lowest BCUT2D eigenvalue weighted by Gasteiger charge is -2.07. The van der Waals surface area contributed by atoms with Crippen LogP contribution >= 0.6 is 23.4 Å². The van der Waals surface area contributed by atoms with Crippen molar-refractivity contribution < 1.29 is 9.59 Å². The molecule has 1 aromatic heterocycles. The Bertz CT molecular complexity index is 774. The maximum absolute atomic E-state index is 11.8. The molecule has 23 heavy (non-hydrogen) atoms. The number of hydrogen-bond acceptors (Lipinski definition) is 4. The van der Waals surface area contributed by atoms with Crippen LogP contribution in [-0.4, -0.2) is 22.6 Å². The van der Waals surface area contributed by atoms with Crippen LogP contribution in [-0.2, 0) is 4.79 Å². The number of benzene rings is 1. The topological polar surface area (TPSA) is 91.1 Å². The molecule has 0 atom stereocenters. The van der Waals surface area contributed by atoms with Crippen LogP contribution in [0.4, 0.5) is 0 Å². The van der Waals surface area contributed by atoms with E-state index in [-0.39, 0.29) is 17.2 Å². The molecule has 0 aliphatic carbocycles. The molecule has 0 unspecified atom stereocenters. The van der Waals surface area contributed by atoms with Gasteiger partial charge in [0.15, 0.2) is 0 Å². The molecule has 2 aromatic rings. The molecular weight excluding hydrogens is 338 g/mol. The number of halogens is 1. The van der Waals surface area contributed by atoms with Crippen molar-refractivity contribution in [3.8, 4) is 0 Å². The summed E-state index contributed by atoms with van der Waals surface area (Å²) >= 11 is 7.08. The van der Waals surface area contributed by atoms with Gasteiger partial charge in [-0.05, 0) is 43.3 Å². The fourth-order valence-corrected chi connectivity index (χ4v) is 2.48. The van der Waals surface area contributed by atoms with Gasteiger partial charge in [0.25, 0.3) is 11.5 Å². The van der Waals surface area contributed by atoms with Gasteiger partial charge in [-0.1, -0.05) is 11.6 Å². The fourth-order valence-electron chi connectivity index (χ4n) is 1.66. The van der Waals surface area contributed by atoms with E-state index in [1.165, 1.54) is 17.8 Å². The molecule has 0 saturated carbocycles. The van der Waals surface area contributed by atoms with Crippen LogP contribution in [0.1, 0.15) is 16.1 Å². The Hall–Kier alpha value is -2.25. The molecule has 0 aliphatic heterocycles. The third kappa shape index (κ3) is 5.15. The minimum Gasteiger partial charge on any atom is -0.326 e. The van der Waals surface area contributed by atoms with E-state index in [1.54, 1.807) is 37.3 Å². The summed E-state index contributed by atoms with van der Waals surface area (Å²) in [5, 5.41) is 0.620. The molecule has 0 aliphatic rings. The van der Waals surface area contributed by atoms with Gasteiger partial charge in [-0.2, -0.15) is 0 Å². The Morgan fingerprint density at radius 1 is 1.13 bits per heavy atom. The maximum atomic E-state index is 11.8. The summed E-state index contributed by atoms with van der Waals surface area (Å²) < 4.78 is 0. The average Bonchev–Trinajstić information content (AvgIpc) is 2.52. The van der Waals surface area contributed by atoms with E-state index in [2.05, 4.69) is 15.8 Å². The number of rotatable bonds is 4. The van der Waals surface area contributed by atoms with Crippen molar-refractivity contribution in [1.29, 1.82) is 0 Å². The first-order chi connectivity index (χ1) is 11.0. The maximum Gasteiger partial charge on any atom is 0.275 e. The second kappa shape index (κ2) is 7.85. The predicted octanol–water partition coefficient (Wildman–Crippen LogP) is 1.89. The summed E-state index contributed by atoms with van der Waals surface area (Å²) in [6, 6.07) is 10.1. The summed E-state index contributed by atoms with van der Waals surface area (Å²) in [6.07, 6.45) is 0. The first-order valence-corrected chi connectivity index (χ1v) is 7.99. The molecule has 0 spiro atoms. The summed E-state index contributed by atoms with van der Waals surface area (Å²) in [7, 11) is 0. The fraction of sp³-hybridized carbons (Fsp3) is 0.133. The standard InChI is InChI=1S/C15H14ClN3O3S/c1-9-2-7-12(14(21)17-9)15(22)19-18-13(20)8-23-11-5-3-10(16)4-6-11/h2-7H,8H2,1H3,(H,17,21)(H,18,20)(H,19,22). The van der Waals surface area contributed by atoms with Crippen molar-refractivity contribution in [1.82, 2.24) is 15.8 Å². The first kappa shape index (κ1) is 17.1.